The summed E-state index contributed by atoms with van der Waals surface area (Å²) < 4.78 is 0. The number of nitrogens with zero attached hydrogens (tertiary/aromatic N) is 1. The lowest BCUT2D eigenvalue weighted by Gasteiger charge is -2.38. The number of nitrogens with one attached hydrogen (secondary N) is 2. The van der Waals surface area contributed by atoms with Crippen molar-refractivity contribution in [1.82, 2.24) is 10.2 Å². The molecule has 0 saturated carbocycles. The molecule has 0 fully saturated rings. The lowest BCUT2D eigenvalue weighted by atomic mass is 9.69. The molecule has 4 heteroatoms. The third kappa shape index (κ3) is 3.07. The van der Waals surface area contributed by atoms with Crippen LogP contribution in [0.15, 0.2) is 59.8 Å². The molecule has 2 N–H and O–H groups in total. The summed E-state index contributed by atoms with van der Waals surface area (Å²) in [5.74, 6) is 0.955. The van der Waals surface area contributed by atoms with Gasteiger partial charge in [-0.15, -0.1) is 0 Å². The van der Waals surface area contributed by atoms with Crippen LogP contribution in [0.3, 0.4) is 0 Å². The van der Waals surface area contributed by atoms with Crippen LogP contribution < -0.4 is 5.32 Å². The molecule has 1 aliphatic heterocycles. The van der Waals surface area contributed by atoms with E-state index in [1.165, 1.54) is 11.1 Å². The second-order valence-corrected chi connectivity index (χ2v) is 9.53. The molecule has 0 saturated heterocycles. The minimum atomic E-state index is -0.115. The lowest BCUT2D eigenvalue weighted by molar-refractivity contribution is -0.118. The molecule has 0 amide bonds. The Labute approximate surface area is 177 Å². The number of aromatic amines is 1. The van der Waals surface area contributed by atoms with Crippen molar-refractivity contribution < 1.29 is 4.79 Å². The van der Waals surface area contributed by atoms with Crippen LogP contribution in [-0.2, 0) is 4.79 Å². The summed E-state index contributed by atoms with van der Waals surface area (Å²) in [5, 5.41) is 11.4. The van der Waals surface area contributed by atoms with Gasteiger partial charge in [-0.2, -0.15) is 5.10 Å². The van der Waals surface area contributed by atoms with Crippen molar-refractivity contribution in [3.05, 3.63) is 82.1 Å². The van der Waals surface area contributed by atoms with Crippen molar-refractivity contribution in [2.75, 3.05) is 5.32 Å². The van der Waals surface area contributed by atoms with Gasteiger partial charge in [0.2, 0.25) is 0 Å². The number of hydrogen-bond donors (Lipinski definition) is 2. The number of anilines is 1. The Morgan fingerprint density at radius 2 is 1.57 bits per heavy atom. The molecule has 0 spiro atoms. The van der Waals surface area contributed by atoms with Crippen molar-refractivity contribution >= 4 is 11.6 Å². The zero-order chi connectivity index (χ0) is 21.0. The number of carbonyl (C=O) groups is 1. The largest absolute Gasteiger partial charge is 0.342 e. The summed E-state index contributed by atoms with van der Waals surface area (Å²) in [6.45, 7) is 8.50. The highest BCUT2D eigenvalue weighted by molar-refractivity contribution is 6.02. The third-order valence-corrected chi connectivity index (χ3v) is 6.32. The van der Waals surface area contributed by atoms with E-state index in [0.717, 1.165) is 45.9 Å². The summed E-state index contributed by atoms with van der Waals surface area (Å²) in [4.78, 5) is 13.4. The molecule has 3 aromatic rings. The van der Waals surface area contributed by atoms with E-state index in [2.05, 4.69) is 91.7 Å². The summed E-state index contributed by atoms with van der Waals surface area (Å²) in [6.07, 6.45) is 1.42. The minimum absolute atomic E-state index is 0.0473. The van der Waals surface area contributed by atoms with Gasteiger partial charge in [-0.3, -0.25) is 9.89 Å². The first-order valence-electron chi connectivity index (χ1n) is 10.6. The summed E-state index contributed by atoms with van der Waals surface area (Å²) in [6, 6.07) is 17.0. The van der Waals surface area contributed by atoms with Gasteiger partial charge in [-0.25, -0.2) is 0 Å². The Morgan fingerprint density at radius 1 is 0.933 bits per heavy atom. The molecule has 1 aliphatic carbocycles. The highest BCUT2D eigenvalue weighted by atomic mass is 16.1. The quantitative estimate of drug-likeness (QED) is 0.566. The van der Waals surface area contributed by atoms with Crippen molar-refractivity contribution in [2.45, 2.75) is 46.5 Å². The highest BCUT2D eigenvalue weighted by Crippen LogP contribution is 2.50. The van der Waals surface area contributed by atoms with E-state index in [1.807, 2.05) is 0 Å². The summed E-state index contributed by atoms with van der Waals surface area (Å²) in [7, 11) is 0. The molecule has 2 aromatic carbocycles. The second-order valence-electron chi connectivity index (χ2n) is 9.53. The zero-order valence-electron chi connectivity index (χ0n) is 18.0. The van der Waals surface area contributed by atoms with Crippen molar-refractivity contribution in [1.29, 1.82) is 0 Å². The lowest BCUT2D eigenvalue weighted by Crippen LogP contribution is -2.33. The van der Waals surface area contributed by atoms with Gasteiger partial charge in [0.1, 0.15) is 0 Å². The van der Waals surface area contributed by atoms with E-state index in [1.54, 1.807) is 0 Å². The highest BCUT2D eigenvalue weighted by Gasteiger charge is 2.42. The van der Waals surface area contributed by atoms with Crippen molar-refractivity contribution in [2.24, 2.45) is 5.41 Å². The number of aryl methyl sites for hydroxylation is 2. The first-order chi connectivity index (χ1) is 14.3. The maximum absolute atomic E-state index is 13.4. The molecule has 30 heavy (non-hydrogen) atoms. The van der Waals surface area contributed by atoms with Crippen molar-refractivity contribution in [3.63, 3.8) is 0 Å². The molecule has 152 valence electrons. The molecule has 5 rings (SSSR count). The molecule has 0 radical (unpaired) electrons. The topological polar surface area (TPSA) is 57.8 Å². The molecule has 0 bridgehead atoms. The SMILES string of the molecule is Cc1ccc(-c2[nH]nc3c2[C@@H](c2ccc(C)cc2)C2=C(CC(C)(C)CC2=O)N3)cc1. The Balaban J connectivity index is 1.73. The van der Waals surface area contributed by atoms with Gasteiger partial charge in [-0.1, -0.05) is 73.5 Å². The van der Waals surface area contributed by atoms with Crippen LogP contribution in [0, 0.1) is 19.3 Å². The fraction of sp³-hybridized carbons (Fsp3) is 0.308. The minimum Gasteiger partial charge on any atom is -0.342 e. The number of rotatable bonds is 2. The number of allylic oxidation sites excluding steroid dienone is 2. The molecule has 2 heterocycles. The number of ketones is 1. The van der Waals surface area contributed by atoms with E-state index in [4.69, 9.17) is 0 Å². The predicted molar refractivity (Wildman–Crippen MR) is 120 cm³/mol. The Bertz CT molecular complexity index is 1160. The standard InChI is InChI=1S/C26H27N3O/c1-15-5-9-17(10-6-15)21-22-19(13-26(3,4)14-20(22)30)27-25-23(21)24(28-29-25)18-11-7-16(2)8-12-18/h5-12,21H,13-14H2,1-4H3,(H2,27,28,29)/t21-/m0/s1. The number of hydrogen-bond acceptors (Lipinski definition) is 3. The smallest absolute Gasteiger partial charge is 0.162 e. The maximum atomic E-state index is 13.4. The predicted octanol–water partition coefficient (Wildman–Crippen LogP) is 5.89. The van der Waals surface area contributed by atoms with E-state index in [9.17, 15) is 4.79 Å². The van der Waals surface area contributed by atoms with Gasteiger partial charge in [0.05, 0.1) is 5.69 Å². The molecule has 4 nitrogen and oxygen atoms in total. The van der Waals surface area contributed by atoms with E-state index in [0.29, 0.717) is 6.42 Å². The fourth-order valence-electron chi connectivity index (χ4n) is 4.83. The van der Waals surface area contributed by atoms with Crippen LogP contribution in [0.1, 0.15) is 54.9 Å². The van der Waals surface area contributed by atoms with Gasteiger partial charge in [0.15, 0.2) is 11.6 Å². The van der Waals surface area contributed by atoms with Gasteiger partial charge in [-0.05, 0) is 36.8 Å². The van der Waals surface area contributed by atoms with Crippen LogP contribution in [-0.4, -0.2) is 16.0 Å². The first kappa shape index (κ1) is 18.9. The van der Waals surface area contributed by atoms with Crippen LogP contribution in [0.4, 0.5) is 5.82 Å². The van der Waals surface area contributed by atoms with Gasteiger partial charge < -0.3 is 5.32 Å². The van der Waals surface area contributed by atoms with Gasteiger partial charge >= 0.3 is 0 Å². The molecule has 1 atom stereocenters. The van der Waals surface area contributed by atoms with E-state index >= 15 is 0 Å². The van der Waals surface area contributed by atoms with E-state index < -0.39 is 0 Å². The Morgan fingerprint density at radius 3 is 2.23 bits per heavy atom. The van der Waals surface area contributed by atoms with Crippen LogP contribution >= 0.6 is 0 Å². The second kappa shape index (κ2) is 6.69. The van der Waals surface area contributed by atoms with Crippen LogP contribution in [0.5, 0.6) is 0 Å². The van der Waals surface area contributed by atoms with E-state index in [-0.39, 0.29) is 17.1 Å². The normalized spacial score (nSPS) is 19.9. The van der Waals surface area contributed by atoms with Crippen LogP contribution in [0.25, 0.3) is 11.3 Å². The van der Waals surface area contributed by atoms with Gasteiger partial charge in [0, 0.05) is 29.2 Å². The summed E-state index contributed by atoms with van der Waals surface area (Å²) in [5.41, 5.74) is 8.58. The maximum Gasteiger partial charge on any atom is 0.162 e. The summed E-state index contributed by atoms with van der Waals surface area (Å²) >= 11 is 0. The number of aromatic nitrogens is 2. The fourth-order valence-corrected chi connectivity index (χ4v) is 4.83. The van der Waals surface area contributed by atoms with Crippen molar-refractivity contribution in [3.8, 4) is 11.3 Å². The van der Waals surface area contributed by atoms with Crippen LogP contribution in [0.2, 0.25) is 0 Å². The average Bonchev–Trinajstić information content (AvgIpc) is 3.10. The first-order valence-corrected chi connectivity index (χ1v) is 10.6. The molecular formula is C26H27N3O. The third-order valence-electron chi connectivity index (χ3n) is 6.32. The monoisotopic (exact) mass is 397 g/mol. The molecular weight excluding hydrogens is 370 g/mol. The number of Topliss-reactive ketones (excluding diaryl/α,β-unsaturated/α-hetero) is 1. The zero-order valence-corrected chi connectivity index (χ0v) is 18.0. The Kier molecular flexibility index (Phi) is 4.21. The Hall–Kier alpha value is -3.14. The molecule has 0 unspecified atom stereocenters. The molecule has 1 aromatic heterocycles. The number of carbonyl (C=O) groups excluding carboxylic acids is 1. The van der Waals surface area contributed by atoms with Gasteiger partial charge in [0.25, 0.3) is 0 Å². The number of H-pyrrole nitrogens is 1. The number of benzene rings is 2. The average molecular weight is 398 g/mol. The number of fused-ring (bicyclic) bond motifs is 1. The molecule has 2 aliphatic rings.